The molecule has 3 nitrogen and oxygen atoms in total. The minimum Gasteiger partial charge on any atom is -0.294 e. The van der Waals surface area contributed by atoms with Crippen molar-refractivity contribution in [2.45, 2.75) is 33.6 Å². The average Bonchev–Trinajstić information content (AvgIpc) is 2.06. The first-order chi connectivity index (χ1) is 5.65. The molecule has 0 saturated heterocycles. The van der Waals surface area contributed by atoms with Gasteiger partial charge in [0.05, 0.1) is 0 Å². The minimum atomic E-state index is -1.79. The van der Waals surface area contributed by atoms with Gasteiger partial charge in [-0.15, -0.1) is 0 Å². The van der Waals surface area contributed by atoms with Crippen LogP contribution in [-0.4, -0.2) is 26.2 Å². The molecular formula is C8H19NO2S. The van der Waals surface area contributed by atoms with Crippen molar-refractivity contribution in [3.63, 3.8) is 0 Å². The van der Waals surface area contributed by atoms with Gasteiger partial charge >= 0.3 is 0 Å². The van der Waals surface area contributed by atoms with Crippen molar-refractivity contribution in [2.24, 2.45) is 5.92 Å². The van der Waals surface area contributed by atoms with Gasteiger partial charge in [0.1, 0.15) is 0 Å². The maximum atomic E-state index is 10.7. The lowest BCUT2D eigenvalue weighted by molar-refractivity contribution is 0.332. The Kier molecular flexibility index (Phi) is 6.61. The molecule has 0 aromatic heterocycles. The van der Waals surface area contributed by atoms with E-state index >= 15 is 0 Å². The van der Waals surface area contributed by atoms with Crippen molar-refractivity contribution in [1.29, 1.82) is 0 Å². The molecule has 0 rings (SSSR count). The van der Waals surface area contributed by atoms with E-state index in [1.807, 2.05) is 6.92 Å². The van der Waals surface area contributed by atoms with E-state index in [4.69, 9.17) is 4.55 Å². The van der Waals surface area contributed by atoms with Crippen LogP contribution in [0.1, 0.15) is 33.6 Å². The Labute approximate surface area is 77.6 Å². The third-order valence-corrected chi connectivity index (χ3v) is 3.04. The summed E-state index contributed by atoms with van der Waals surface area (Å²) in [5.41, 5.74) is 0. The van der Waals surface area contributed by atoms with Gasteiger partial charge in [-0.3, -0.25) is 4.55 Å². The average molecular weight is 193 g/mol. The Balaban J connectivity index is 3.91. The monoisotopic (exact) mass is 193 g/mol. The first-order valence-corrected chi connectivity index (χ1v) is 5.57. The highest BCUT2D eigenvalue weighted by Crippen LogP contribution is 2.10. The lowest BCUT2D eigenvalue weighted by atomic mass is 10.0. The minimum absolute atomic E-state index is 0.543. The van der Waals surface area contributed by atoms with Gasteiger partial charge in [-0.1, -0.05) is 33.6 Å². The maximum absolute atomic E-state index is 10.7. The zero-order valence-corrected chi connectivity index (χ0v) is 8.93. The molecule has 0 amide bonds. The molecule has 0 heterocycles. The standard InChI is InChI=1S/C8H19NO2S/c1-4-8(5-2)7-9(6-3)12(10)11/h8H,4-7H2,1-3H3,(H,10,11). The highest BCUT2D eigenvalue weighted by molar-refractivity contribution is 7.76. The van der Waals surface area contributed by atoms with Crippen LogP contribution in [0.25, 0.3) is 0 Å². The summed E-state index contributed by atoms with van der Waals surface area (Å²) in [7, 11) is 0. The van der Waals surface area contributed by atoms with E-state index in [1.54, 1.807) is 4.31 Å². The summed E-state index contributed by atoms with van der Waals surface area (Å²) in [4.78, 5) is 0. The van der Waals surface area contributed by atoms with Crippen molar-refractivity contribution in [3.8, 4) is 0 Å². The number of hydrogen-bond donors (Lipinski definition) is 1. The van der Waals surface area contributed by atoms with Crippen molar-refractivity contribution >= 4 is 11.3 Å². The predicted octanol–water partition coefficient (Wildman–Crippen LogP) is 1.88. The molecule has 0 aliphatic carbocycles. The van der Waals surface area contributed by atoms with Gasteiger partial charge in [-0.25, -0.2) is 8.51 Å². The fraction of sp³-hybridized carbons (Fsp3) is 1.00. The highest BCUT2D eigenvalue weighted by atomic mass is 32.2. The van der Waals surface area contributed by atoms with Gasteiger partial charge in [0.25, 0.3) is 0 Å². The molecule has 0 bridgehead atoms. The molecule has 4 heteroatoms. The van der Waals surface area contributed by atoms with Crippen LogP contribution in [0.3, 0.4) is 0 Å². The van der Waals surface area contributed by atoms with E-state index in [1.165, 1.54) is 0 Å². The van der Waals surface area contributed by atoms with E-state index in [9.17, 15) is 4.21 Å². The van der Waals surface area contributed by atoms with E-state index < -0.39 is 11.3 Å². The first-order valence-electron chi connectivity index (χ1n) is 4.51. The third kappa shape index (κ3) is 4.18. The molecule has 12 heavy (non-hydrogen) atoms. The number of nitrogens with zero attached hydrogens (tertiary/aromatic N) is 1. The zero-order valence-electron chi connectivity index (χ0n) is 8.12. The summed E-state index contributed by atoms with van der Waals surface area (Å²) < 4.78 is 21.2. The third-order valence-electron chi connectivity index (χ3n) is 2.19. The molecule has 0 aromatic carbocycles. The number of hydrogen-bond acceptors (Lipinski definition) is 1. The van der Waals surface area contributed by atoms with Crippen LogP contribution in [0.15, 0.2) is 0 Å². The van der Waals surface area contributed by atoms with Gasteiger partial charge in [-0.2, -0.15) is 0 Å². The van der Waals surface area contributed by atoms with Crippen LogP contribution < -0.4 is 0 Å². The second kappa shape index (κ2) is 6.57. The lowest BCUT2D eigenvalue weighted by Crippen LogP contribution is -2.30. The molecule has 0 aliphatic rings. The van der Waals surface area contributed by atoms with Crippen LogP contribution in [-0.2, 0) is 11.3 Å². The number of rotatable bonds is 6. The van der Waals surface area contributed by atoms with Crippen LogP contribution in [0.4, 0.5) is 0 Å². The summed E-state index contributed by atoms with van der Waals surface area (Å²) >= 11 is -1.79. The van der Waals surface area contributed by atoms with Crippen LogP contribution in [0, 0.1) is 5.92 Å². The SMILES string of the molecule is CCC(CC)CN(CC)S(=O)O. The molecule has 0 aliphatic heterocycles. The Bertz CT molecular complexity index is 137. The fourth-order valence-corrected chi connectivity index (χ4v) is 1.70. The van der Waals surface area contributed by atoms with Gasteiger partial charge < -0.3 is 0 Å². The predicted molar refractivity (Wildman–Crippen MR) is 52.1 cm³/mol. The fourth-order valence-electron chi connectivity index (χ4n) is 1.14. The molecule has 1 N–H and O–H groups in total. The normalized spacial score (nSPS) is 14.2. The summed E-state index contributed by atoms with van der Waals surface area (Å²) in [6.07, 6.45) is 2.15. The van der Waals surface area contributed by atoms with E-state index in [-0.39, 0.29) is 0 Å². The Morgan fingerprint density at radius 3 is 2.08 bits per heavy atom. The maximum Gasteiger partial charge on any atom is 0.234 e. The summed E-state index contributed by atoms with van der Waals surface area (Å²) in [5, 5.41) is 0. The van der Waals surface area contributed by atoms with Crippen molar-refractivity contribution in [1.82, 2.24) is 4.31 Å². The van der Waals surface area contributed by atoms with E-state index in [0.717, 1.165) is 19.4 Å². The molecule has 0 fully saturated rings. The molecule has 1 atom stereocenters. The van der Waals surface area contributed by atoms with Crippen molar-refractivity contribution < 1.29 is 8.76 Å². The second-order valence-electron chi connectivity index (χ2n) is 2.89. The first kappa shape index (κ1) is 12.1. The Morgan fingerprint density at radius 2 is 1.83 bits per heavy atom. The summed E-state index contributed by atoms with van der Waals surface area (Å²) in [5.74, 6) is 0.543. The molecule has 0 radical (unpaired) electrons. The van der Waals surface area contributed by atoms with Crippen LogP contribution >= 0.6 is 0 Å². The van der Waals surface area contributed by atoms with Gasteiger partial charge in [-0.05, 0) is 5.92 Å². The molecule has 1 unspecified atom stereocenters. The van der Waals surface area contributed by atoms with Gasteiger partial charge in [0.15, 0.2) is 0 Å². The molecular weight excluding hydrogens is 174 g/mol. The van der Waals surface area contributed by atoms with Crippen LogP contribution in [0.2, 0.25) is 0 Å². The highest BCUT2D eigenvalue weighted by Gasteiger charge is 2.13. The second-order valence-corrected chi connectivity index (χ2v) is 3.87. The van der Waals surface area contributed by atoms with Crippen molar-refractivity contribution in [2.75, 3.05) is 13.1 Å². The Morgan fingerprint density at radius 1 is 1.33 bits per heavy atom. The smallest absolute Gasteiger partial charge is 0.234 e. The van der Waals surface area contributed by atoms with E-state index in [0.29, 0.717) is 12.5 Å². The summed E-state index contributed by atoms with van der Waals surface area (Å²) in [6, 6.07) is 0. The van der Waals surface area contributed by atoms with Gasteiger partial charge in [0, 0.05) is 13.1 Å². The van der Waals surface area contributed by atoms with Crippen molar-refractivity contribution in [3.05, 3.63) is 0 Å². The zero-order chi connectivity index (χ0) is 9.56. The quantitative estimate of drug-likeness (QED) is 0.654. The molecule has 0 spiro atoms. The van der Waals surface area contributed by atoms with Crippen LogP contribution in [0.5, 0.6) is 0 Å². The molecule has 0 saturated carbocycles. The van der Waals surface area contributed by atoms with Gasteiger partial charge in [0.2, 0.25) is 11.3 Å². The molecule has 0 aromatic rings. The summed E-state index contributed by atoms with van der Waals surface area (Å²) in [6.45, 7) is 7.49. The lowest BCUT2D eigenvalue weighted by Gasteiger charge is -2.20. The largest absolute Gasteiger partial charge is 0.294 e. The molecule has 74 valence electrons. The Hall–Kier alpha value is 0.0700. The topological polar surface area (TPSA) is 40.5 Å². The van der Waals surface area contributed by atoms with E-state index in [2.05, 4.69) is 13.8 Å².